The van der Waals surface area contributed by atoms with E-state index in [4.69, 9.17) is 44.1 Å². The van der Waals surface area contributed by atoms with Crippen LogP contribution in [-0.4, -0.2) is 20.0 Å². The molecule has 2 fully saturated rings. The van der Waals surface area contributed by atoms with Gasteiger partial charge >= 0.3 is 0 Å². The van der Waals surface area contributed by atoms with Gasteiger partial charge in [0, 0.05) is 34.7 Å². The van der Waals surface area contributed by atoms with Crippen molar-refractivity contribution in [3.05, 3.63) is 85.8 Å². The van der Waals surface area contributed by atoms with Crippen LogP contribution in [0, 0.1) is 6.92 Å². The highest BCUT2D eigenvalue weighted by Crippen LogP contribution is 2.53. The number of benzene rings is 2. The van der Waals surface area contributed by atoms with E-state index in [0.29, 0.717) is 56.4 Å². The fourth-order valence-electron chi connectivity index (χ4n) is 5.61. The zero-order chi connectivity index (χ0) is 27.5. The lowest BCUT2D eigenvalue weighted by Gasteiger charge is -2.44. The summed E-state index contributed by atoms with van der Waals surface area (Å²) < 4.78 is 14.0. The van der Waals surface area contributed by atoms with Crippen molar-refractivity contribution in [1.82, 2.24) is 14.9 Å². The van der Waals surface area contributed by atoms with Gasteiger partial charge in [-0.15, -0.1) is 0 Å². The van der Waals surface area contributed by atoms with Crippen molar-refractivity contribution >= 4 is 34.8 Å². The summed E-state index contributed by atoms with van der Waals surface area (Å²) >= 11 is 19.7. The van der Waals surface area contributed by atoms with Crippen LogP contribution in [-0.2, 0) is 12.2 Å². The maximum Gasteiger partial charge on any atom is 0.147 e. The molecule has 0 saturated heterocycles. The Morgan fingerprint density at radius 2 is 1.77 bits per heavy atom. The molecule has 6 nitrogen and oxygen atoms in total. The van der Waals surface area contributed by atoms with Crippen LogP contribution < -0.4 is 4.74 Å². The first-order valence-electron chi connectivity index (χ1n) is 13.3. The first kappa shape index (κ1) is 26.7. The number of hydrogen-bond acceptors (Lipinski definition) is 5. The van der Waals surface area contributed by atoms with E-state index < -0.39 is 5.60 Å². The van der Waals surface area contributed by atoms with E-state index in [-0.39, 0.29) is 18.6 Å². The van der Waals surface area contributed by atoms with E-state index >= 15 is 0 Å². The molecule has 0 atom stereocenters. The van der Waals surface area contributed by atoms with Gasteiger partial charge in [-0.1, -0.05) is 52.1 Å². The molecule has 0 aliphatic heterocycles. The fourth-order valence-corrected chi connectivity index (χ4v) is 6.53. The maximum atomic E-state index is 11.4. The van der Waals surface area contributed by atoms with Crippen LogP contribution in [0.1, 0.15) is 85.7 Å². The molecule has 204 valence electrons. The first-order chi connectivity index (χ1) is 18.6. The van der Waals surface area contributed by atoms with Crippen molar-refractivity contribution < 1.29 is 14.4 Å². The summed E-state index contributed by atoms with van der Waals surface area (Å²) in [5, 5.41) is 21.9. The normalized spacial score (nSPS) is 20.9. The van der Waals surface area contributed by atoms with E-state index in [1.807, 2.05) is 19.1 Å². The summed E-state index contributed by atoms with van der Waals surface area (Å²) in [6, 6.07) is 13.2. The Bertz CT molecular complexity index is 1510. The second-order valence-electron chi connectivity index (χ2n) is 11.1. The maximum absolute atomic E-state index is 11.4. The average molecular weight is 587 g/mol. The third kappa shape index (κ3) is 4.97. The molecule has 1 N–H and O–H groups in total. The highest BCUT2D eigenvalue weighted by Gasteiger charge is 2.47. The Morgan fingerprint density at radius 1 is 1.05 bits per heavy atom. The van der Waals surface area contributed by atoms with Crippen molar-refractivity contribution in [3.63, 3.8) is 0 Å². The lowest BCUT2D eigenvalue weighted by Crippen LogP contribution is -2.41. The molecule has 2 heterocycles. The average Bonchev–Trinajstić information content (AvgIpc) is 3.51. The molecule has 0 unspecified atom stereocenters. The molecule has 2 aromatic heterocycles. The van der Waals surface area contributed by atoms with Crippen molar-refractivity contribution in [3.8, 4) is 17.0 Å². The Hall–Kier alpha value is -2.51. The van der Waals surface area contributed by atoms with Crippen LogP contribution in [0.25, 0.3) is 11.3 Å². The number of rotatable bonds is 8. The monoisotopic (exact) mass is 585 g/mol. The van der Waals surface area contributed by atoms with Crippen LogP contribution in [0.15, 0.2) is 47.0 Å². The summed E-state index contributed by atoms with van der Waals surface area (Å²) in [4.78, 5) is 0. The molecule has 2 aliphatic carbocycles. The molecule has 9 heteroatoms. The lowest BCUT2D eigenvalue weighted by molar-refractivity contribution is -0.0569. The van der Waals surface area contributed by atoms with E-state index in [1.54, 1.807) is 24.3 Å². The number of nitrogens with zero attached hydrogens (tertiary/aromatic N) is 3. The number of halogens is 3. The van der Waals surface area contributed by atoms with Crippen molar-refractivity contribution in [2.75, 3.05) is 0 Å². The van der Waals surface area contributed by atoms with E-state index in [1.165, 1.54) is 0 Å². The number of ether oxygens (including phenoxy) is 1. The molecular weight excluding hydrogens is 557 g/mol. The summed E-state index contributed by atoms with van der Waals surface area (Å²) in [6.07, 6.45) is 3.29. The molecule has 39 heavy (non-hydrogen) atoms. The lowest BCUT2D eigenvalue weighted by atomic mass is 9.66. The van der Waals surface area contributed by atoms with Crippen molar-refractivity contribution in [1.29, 1.82) is 0 Å². The number of aliphatic hydroxyl groups is 1. The van der Waals surface area contributed by atoms with Gasteiger partial charge in [-0.05, 0) is 76.8 Å². The SMILES string of the molecule is Cc1cc([C@H]2C[C@](O)(c3ccc(OCc4c(-c5c(Cl)cccc5Cl)noc4C4CC4)cc3Cl)C2)n(C(C)C)n1. The third-order valence-corrected chi connectivity index (χ3v) is 8.70. The minimum atomic E-state index is -0.984. The number of hydrogen-bond donors (Lipinski definition) is 1. The summed E-state index contributed by atoms with van der Waals surface area (Å²) in [7, 11) is 0. The highest BCUT2D eigenvalue weighted by atomic mass is 35.5. The number of aryl methyl sites for hydroxylation is 1. The fraction of sp³-hybridized carbons (Fsp3) is 0.400. The van der Waals surface area contributed by atoms with Gasteiger partial charge in [-0.25, -0.2) is 0 Å². The van der Waals surface area contributed by atoms with Crippen molar-refractivity contribution in [2.45, 2.75) is 76.5 Å². The summed E-state index contributed by atoms with van der Waals surface area (Å²) in [6.45, 7) is 6.47. The van der Waals surface area contributed by atoms with E-state index in [0.717, 1.165) is 35.6 Å². The van der Waals surface area contributed by atoms with Gasteiger partial charge in [-0.3, -0.25) is 4.68 Å². The molecule has 2 aromatic carbocycles. The molecule has 0 spiro atoms. The minimum absolute atomic E-state index is 0.229. The largest absolute Gasteiger partial charge is 0.489 e. The Labute approximate surface area is 242 Å². The first-order valence-corrected chi connectivity index (χ1v) is 14.4. The summed E-state index contributed by atoms with van der Waals surface area (Å²) in [5.41, 5.74) is 3.96. The summed E-state index contributed by atoms with van der Waals surface area (Å²) in [5.74, 6) is 1.97. The second kappa shape index (κ2) is 10.2. The van der Waals surface area contributed by atoms with Crippen LogP contribution >= 0.6 is 34.8 Å². The van der Waals surface area contributed by atoms with Gasteiger partial charge in [0.25, 0.3) is 0 Å². The van der Waals surface area contributed by atoms with E-state index in [9.17, 15) is 5.11 Å². The second-order valence-corrected chi connectivity index (χ2v) is 12.3. The zero-order valence-corrected chi connectivity index (χ0v) is 24.3. The van der Waals surface area contributed by atoms with Gasteiger partial charge in [0.15, 0.2) is 0 Å². The van der Waals surface area contributed by atoms with Gasteiger partial charge in [0.1, 0.15) is 23.8 Å². The van der Waals surface area contributed by atoms with Gasteiger partial charge < -0.3 is 14.4 Å². The molecule has 2 saturated carbocycles. The molecular formula is C30H30Cl3N3O3. The van der Waals surface area contributed by atoms with Crippen LogP contribution in [0.3, 0.4) is 0 Å². The van der Waals surface area contributed by atoms with Gasteiger partial charge in [-0.2, -0.15) is 5.10 Å². The topological polar surface area (TPSA) is 73.3 Å². The predicted octanol–water partition coefficient (Wildman–Crippen LogP) is 8.61. The molecule has 2 aliphatic rings. The quantitative estimate of drug-likeness (QED) is 0.224. The predicted molar refractivity (Wildman–Crippen MR) is 153 cm³/mol. The molecule has 0 amide bonds. The van der Waals surface area contributed by atoms with Gasteiger partial charge in [0.05, 0.1) is 31.9 Å². The number of aromatic nitrogens is 3. The standard InChI is InChI=1S/C30H30Cl3N3O3/c1-16(2)36-26(11-17(3)34-36)19-13-30(37,14-19)22-10-9-20(12-25(22)33)38-15-21-28(35-39-29(21)18-7-8-18)27-23(31)5-4-6-24(27)32/h4-6,9-12,16,18-19,37H,7-8,13-15H2,1-3H3/t19-,30+. The van der Waals surface area contributed by atoms with Gasteiger partial charge in [0.2, 0.25) is 0 Å². The molecule has 6 rings (SSSR count). The van der Waals surface area contributed by atoms with Crippen molar-refractivity contribution in [2.24, 2.45) is 0 Å². The Balaban J connectivity index is 1.20. The Kier molecular flexibility index (Phi) is 6.95. The molecule has 0 bridgehead atoms. The minimum Gasteiger partial charge on any atom is -0.489 e. The van der Waals surface area contributed by atoms with Crippen LogP contribution in [0.2, 0.25) is 15.1 Å². The Morgan fingerprint density at radius 3 is 2.41 bits per heavy atom. The van der Waals surface area contributed by atoms with Crippen LogP contribution in [0.5, 0.6) is 5.75 Å². The zero-order valence-electron chi connectivity index (χ0n) is 22.0. The smallest absolute Gasteiger partial charge is 0.147 e. The van der Waals surface area contributed by atoms with Crippen LogP contribution in [0.4, 0.5) is 0 Å². The third-order valence-electron chi connectivity index (χ3n) is 7.75. The van der Waals surface area contributed by atoms with E-state index in [2.05, 4.69) is 34.9 Å². The highest BCUT2D eigenvalue weighted by molar-refractivity contribution is 6.39. The molecule has 0 radical (unpaired) electrons. The molecule has 4 aromatic rings.